The molecule has 3 aliphatic rings. The number of ether oxygens (including phenoxy) is 1. The van der Waals surface area contributed by atoms with Crippen molar-refractivity contribution in [3.8, 4) is 5.75 Å². The number of amides is 2. The SMILES string of the molecule is NC1CC2CCCC(C1)C2NC(=O)COc1cccc(NC(=O)C2CC2)c1. The zero-order chi connectivity index (χ0) is 18.8. The van der Waals surface area contributed by atoms with E-state index in [4.69, 9.17) is 10.5 Å². The first-order chi connectivity index (χ1) is 13.1. The van der Waals surface area contributed by atoms with Gasteiger partial charge in [-0.3, -0.25) is 9.59 Å². The van der Waals surface area contributed by atoms with Crippen molar-refractivity contribution in [2.24, 2.45) is 23.5 Å². The van der Waals surface area contributed by atoms with Gasteiger partial charge >= 0.3 is 0 Å². The molecule has 6 nitrogen and oxygen atoms in total. The van der Waals surface area contributed by atoms with Crippen molar-refractivity contribution in [1.82, 2.24) is 5.32 Å². The number of benzene rings is 1. The number of nitrogens with two attached hydrogens (primary N) is 1. The molecule has 0 saturated heterocycles. The van der Waals surface area contributed by atoms with Crippen LogP contribution in [0.4, 0.5) is 5.69 Å². The minimum absolute atomic E-state index is 0.0119. The quantitative estimate of drug-likeness (QED) is 0.716. The van der Waals surface area contributed by atoms with Crippen LogP contribution in [-0.2, 0) is 9.59 Å². The normalized spacial score (nSPS) is 29.7. The van der Waals surface area contributed by atoms with Crippen molar-refractivity contribution < 1.29 is 14.3 Å². The van der Waals surface area contributed by atoms with Gasteiger partial charge in [-0.05, 0) is 62.5 Å². The van der Waals surface area contributed by atoms with E-state index in [1.165, 1.54) is 6.42 Å². The number of nitrogens with one attached hydrogen (secondary N) is 2. The number of hydrogen-bond acceptors (Lipinski definition) is 4. The van der Waals surface area contributed by atoms with E-state index in [0.29, 0.717) is 23.3 Å². The molecule has 0 spiro atoms. The molecule has 2 amide bonds. The number of fused-ring (bicyclic) bond motifs is 2. The zero-order valence-electron chi connectivity index (χ0n) is 15.7. The molecule has 3 aliphatic carbocycles. The lowest BCUT2D eigenvalue weighted by atomic mass is 9.67. The number of carbonyl (C=O) groups is 2. The number of carbonyl (C=O) groups excluding carboxylic acids is 2. The van der Waals surface area contributed by atoms with Crippen molar-refractivity contribution in [2.45, 2.75) is 57.0 Å². The van der Waals surface area contributed by atoms with E-state index in [1.807, 2.05) is 12.1 Å². The molecule has 4 rings (SSSR count). The van der Waals surface area contributed by atoms with Crippen LogP contribution in [0.25, 0.3) is 0 Å². The highest BCUT2D eigenvalue weighted by atomic mass is 16.5. The molecule has 2 bridgehead atoms. The van der Waals surface area contributed by atoms with Gasteiger partial charge in [0.1, 0.15) is 5.75 Å². The van der Waals surface area contributed by atoms with E-state index in [0.717, 1.165) is 38.5 Å². The second-order valence-corrected chi connectivity index (χ2v) is 8.36. The van der Waals surface area contributed by atoms with Crippen molar-refractivity contribution in [1.29, 1.82) is 0 Å². The first-order valence-corrected chi connectivity index (χ1v) is 10.2. The molecule has 0 radical (unpaired) electrons. The van der Waals surface area contributed by atoms with Gasteiger partial charge < -0.3 is 21.1 Å². The highest BCUT2D eigenvalue weighted by molar-refractivity contribution is 5.94. The van der Waals surface area contributed by atoms with Gasteiger partial charge in [0, 0.05) is 29.8 Å². The van der Waals surface area contributed by atoms with E-state index in [9.17, 15) is 9.59 Å². The third-order valence-corrected chi connectivity index (χ3v) is 6.12. The molecule has 1 aromatic carbocycles. The molecule has 3 saturated carbocycles. The second kappa shape index (κ2) is 7.89. The van der Waals surface area contributed by atoms with Gasteiger partial charge in [0.05, 0.1) is 0 Å². The topological polar surface area (TPSA) is 93.4 Å². The van der Waals surface area contributed by atoms with Crippen molar-refractivity contribution in [3.63, 3.8) is 0 Å². The third-order valence-electron chi connectivity index (χ3n) is 6.12. The molecule has 0 aliphatic heterocycles. The van der Waals surface area contributed by atoms with E-state index < -0.39 is 0 Å². The van der Waals surface area contributed by atoms with Gasteiger partial charge in [0.15, 0.2) is 6.61 Å². The molecular formula is C21H29N3O3. The Hall–Kier alpha value is -2.08. The molecule has 1 aromatic rings. The first kappa shape index (κ1) is 18.3. The van der Waals surface area contributed by atoms with Gasteiger partial charge in [-0.1, -0.05) is 12.5 Å². The molecule has 146 valence electrons. The Labute approximate surface area is 160 Å². The summed E-state index contributed by atoms with van der Waals surface area (Å²) in [5.74, 6) is 1.72. The van der Waals surface area contributed by atoms with Gasteiger partial charge in [0.2, 0.25) is 5.91 Å². The summed E-state index contributed by atoms with van der Waals surface area (Å²) in [6.07, 6.45) is 7.49. The minimum Gasteiger partial charge on any atom is -0.484 e. The molecule has 4 N–H and O–H groups in total. The van der Waals surface area contributed by atoms with Crippen LogP contribution in [0.5, 0.6) is 5.75 Å². The van der Waals surface area contributed by atoms with Crippen molar-refractivity contribution >= 4 is 17.5 Å². The maximum Gasteiger partial charge on any atom is 0.258 e. The molecule has 2 atom stereocenters. The van der Waals surface area contributed by atoms with E-state index in [2.05, 4.69) is 10.6 Å². The fourth-order valence-corrected chi connectivity index (χ4v) is 4.65. The number of hydrogen-bond donors (Lipinski definition) is 3. The average Bonchev–Trinajstić information content (AvgIpc) is 3.46. The molecular weight excluding hydrogens is 342 g/mol. The largest absolute Gasteiger partial charge is 0.484 e. The maximum absolute atomic E-state index is 12.4. The smallest absolute Gasteiger partial charge is 0.258 e. The van der Waals surface area contributed by atoms with Crippen LogP contribution < -0.4 is 21.1 Å². The first-order valence-electron chi connectivity index (χ1n) is 10.2. The van der Waals surface area contributed by atoms with Gasteiger partial charge in [-0.25, -0.2) is 0 Å². The van der Waals surface area contributed by atoms with Crippen molar-refractivity contribution in [3.05, 3.63) is 24.3 Å². The Bertz CT molecular complexity index is 690. The van der Waals surface area contributed by atoms with Crippen LogP contribution in [-0.4, -0.2) is 30.5 Å². The predicted molar refractivity (Wildman–Crippen MR) is 103 cm³/mol. The monoisotopic (exact) mass is 371 g/mol. The van der Waals surface area contributed by atoms with Crippen LogP contribution in [0.2, 0.25) is 0 Å². The summed E-state index contributed by atoms with van der Waals surface area (Å²) >= 11 is 0. The Morgan fingerprint density at radius 3 is 2.56 bits per heavy atom. The molecule has 27 heavy (non-hydrogen) atoms. The van der Waals surface area contributed by atoms with Crippen LogP contribution in [0.1, 0.15) is 44.9 Å². The Kier molecular flexibility index (Phi) is 5.34. The number of rotatable bonds is 6. The summed E-state index contributed by atoms with van der Waals surface area (Å²) in [7, 11) is 0. The maximum atomic E-state index is 12.4. The third kappa shape index (κ3) is 4.61. The lowest BCUT2D eigenvalue weighted by molar-refractivity contribution is -0.125. The molecule has 2 unspecified atom stereocenters. The average molecular weight is 371 g/mol. The van der Waals surface area contributed by atoms with Crippen LogP contribution in [0, 0.1) is 17.8 Å². The Morgan fingerprint density at radius 1 is 1.11 bits per heavy atom. The molecule has 0 aromatic heterocycles. The minimum atomic E-state index is -0.0835. The highest BCUT2D eigenvalue weighted by Gasteiger charge is 2.39. The van der Waals surface area contributed by atoms with Gasteiger partial charge in [-0.2, -0.15) is 0 Å². The molecule has 6 heteroatoms. The predicted octanol–water partition coefficient (Wildman–Crippen LogP) is 2.44. The standard InChI is InChI=1S/C21H29N3O3/c22-16-9-14-3-1-4-15(10-16)20(14)24-19(25)12-27-18-6-2-5-17(11-18)23-21(26)13-7-8-13/h2,5-6,11,13-16,20H,1,3-4,7-10,12,22H2,(H,23,26)(H,24,25). The summed E-state index contributed by atoms with van der Waals surface area (Å²) in [4.78, 5) is 24.3. The molecule has 0 heterocycles. The van der Waals surface area contributed by atoms with E-state index in [1.54, 1.807) is 12.1 Å². The summed E-state index contributed by atoms with van der Waals surface area (Å²) in [5.41, 5.74) is 6.87. The van der Waals surface area contributed by atoms with Crippen LogP contribution in [0.15, 0.2) is 24.3 Å². The zero-order valence-corrected chi connectivity index (χ0v) is 15.7. The second-order valence-electron chi connectivity index (χ2n) is 8.36. The van der Waals surface area contributed by atoms with E-state index in [-0.39, 0.29) is 36.4 Å². The van der Waals surface area contributed by atoms with Crippen molar-refractivity contribution in [2.75, 3.05) is 11.9 Å². The fourth-order valence-electron chi connectivity index (χ4n) is 4.65. The summed E-state index contributed by atoms with van der Waals surface area (Å²) in [6, 6.07) is 7.73. The molecule has 3 fully saturated rings. The summed E-state index contributed by atoms with van der Waals surface area (Å²) in [6.45, 7) is -0.0119. The van der Waals surface area contributed by atoms with Crippen LogP contribution >= 0.6 is 0 Å². The van der Waals surface area contributed by atoms with Gasteiger partial charge in [-0.15, -0.1) is 0 Å². The Balaban J connectivity index is 1.28. The lowest BCUT2D eigenvalue weighted by Crippen LogP contribution is -2.54. The summed E-state index contributed by atoms with van der Waals surface area (Å²) < 4.78 is 5.66. The fraction of sp³-hybridized carbons (Fsp3) is 0.619. The lowest BCUT2D eigenvalue weighted by Gasteiger charge is -2.45. The highest BCUT2D eigenvalue weighted by Crippen LogP contribution is 2.39. The van der Waals surface area contributed by atoms with Crippen LogP contribution in [0.3, 0.4) is 0 Å². The van der Waals surface area contributed by atoms with Gasteiger partial charge in [0.25, 0.3) is 5.91 Å². The number of anilines is 1. The Morgan fingerprint density at radius 2 is 1.85 bits per heavy atom. The van der Waals surface area contributed by atoms with E-state index >= 15 is 0 Å². The summed E-state index contributed by atoms with van der Waals surface area (Å²) in [5, 5.41) is 6.09.